The maximum absolute atomic E-state index is 12.8. The van der Waals surface area contributed by atoms with Gasteiger partial charge in [0.2, 0.25) is 0 Å². The van der Waals surface area contributed by atoms with Crippen molar-refractivity contribution in [2.24, 2.45) is 5.92 Å². The number of benzene rings is 1. The zero-order chi connectivity index (χ0) is 17.2. The van der Waals surface area contributed by atoms with E-state index in [1.165, 1.54) is 0 Å². The number of carboxylic acids is 1. The van der Waals surface area contributed by atoms with E-state index in [1.807, 2.05) is 0 Å². The van der Waals surface area contributed by atoms with Crippen LogP contribution in [0.15, 0.2) is 29.2 Å². The number of aliphatic carboxylic acids is 1. The fraction of sp³-hybridized carbons (Fsp3) is 0.611. The lowest BCUT2D eigenvalue weighted by Crippen LogP contribution is -2.30. The van der Waals surface area contributed by atoms with Gasteiger partial charge in [-0.25, -0.2) is 8.42 Å². The Hall–Kier alpha value is -1.40. The first-order chi connectivity index (χ1) is 11.5. The van der Waals surface area contributed by atoms with Crippen LogP contribution in [0, 0.1) is 5.92 Å². The van der Waals surface area contributed by atoms with E-state index in [0.29, 0.717) is 38.0 Å². The monoisotopic (exact) mass is 352 g/mol. The fourth-order valence-corrected chi connectivity index (χ4v) is 5.68. The minimum absolute atomic E-state index is 0.217. The van der Waals surface area contributed by atoms with E-state index in [4.69, 9.17) is 4.74 Å². The second-order valence-corrected chi connectivity index (χ2v) is 9.01. The lowest BCUT2D eigenvalue weighted by Gasteiger charge is -2.29. The summed E-state index contributed by atoms with van der Waals surface area (Å²) in [4.78, 5) is 12.1. The summed E-state index contributed by atoms with van der Waals surface area (Å²) in [6.45, 7) is 1.30. The summed E-state index contributed by atoms with van der Waals surface area (Å²) in [5.41, 5.74) is 0.448. The van der Waals surface area contributed by atoms with Gasteiger partial charge in [-0.15, -0.1) is 0 Å². The molecule has 1 saturated carbocycles. The van der Waals surface area contributed by atoms with Crippen molar-refractivity contribution in [3.8, 4) is 0 Å². The van der Waals surface area contributed by atoms with E-state index in [-0.39, 0.29) is 16.1 Å². The van der Waals surface area contributed by atoms with Crippen LogP contribution in [0.5, 0.6) is 0 Å². The predicted molar refractivity (Wildman–Crippen MR) is 89.8 cm³/mol. The third-order valence-electron chi connectivity index (χ3n) is 5.30. The Balaban J connectivity index is 1.91. The van der Waals surface area contributed by atoms with E-state index < -0.39 is 21.7 Å². The Morgan fingerprint density at radius 1 is 1.17 bits per heavy atom. The van der Waals surface area contributed by atoms with Gasteiger partial charge in [0.05, 0.1) is 16.1 Å². The molecule has 1 aliphatic heterocycles. The van der Waals surface area contributed by atoms with Crippen LogP contribution < -0.4 is 0 Å². The molecule has 1 aromatic rings. The van der Waals surface area contributed by atoms with Crippen LogP contribution in [0.4, 0.5) is 0 Å². The SMILES string of the molecule is O=C(O)[C@H](CC1CCOCC1)c1ccccc1S(=O)(=O)C1CCC1. The first-order valence-corrected chi connectivity index (χ1v) is 10.2. The second-order valence-electron chi connectivity index (χ2n) is 6.82. The minimum Gasteiger partial charge on any atom is -0.481 e. The van der Waals surface area contributed by atoms with Crippen molar-refractivity contribution in [2.75, 3.05) is 13.2 Å². The molecule has 0 amide bonds. The van der Waals surface area contributed by atoms with E-state index in [0.717, 1.165) is 19.3 Å². The molecule has 2 fully saturated rings. The molecule has 0 spiro atoms. The summed E-state index contributed by atoms with van der Waals surface area (Å²) in [7, 11) is -3.44. The number of carbonyl (C=O) groups is 1. The van der Waals surface area contributed by atoms with Gasteiger partial charge in [0.15, 0.2) is 9.84 Å². The molecular formula is C18H24O5S. The molecule has 1 aliphatic carbocycles. The average Bonchev–Trinajstić information content (AvgIpc) is 2.51. The molecule has 5 nitrogen and oxygen atoms in total. The van der Waals surface area contributed by atoms with Crippen molar-refractivity contribution < 1.29 is 23.1 Å². The first kappa shape index (κ1) is 17.4. The Morgan fingerprint density at radius 2 is 1.83 bits per heavy atom. The Morgan fingerprint density at radius 3 is 2.42 bits per heavy atom. The molecule has 132 valence electrons. The van der Waals surface area contributed by atoms with Gasteiger partial charge in [-0.1, -0.05) is 24.6 Å². The number of carboxylic acid groups (broad SMARTS) is 1. The van der Waals surface area contributed by atoms with E-state index >= 15 is 0 Å². The molecule has 2 aliphatic rings. The van der Waals surface area contributed by atoms with Crippen LogP contribution in [0.2, 0.25) is 0 Å². The standard InChI is InChI=1S/C18H24O5S/c19-18(20)16(12-13-8-10-23-11-9-13)15-6-1-2-7-17(15)24(21,22)14-4-3-5-14/h1-2,6-7,13-14,16H,3-5,8-12H2,(H,19,20)/t16-/m1/s1. The molecule has 24 heavy (non-hydrogen) atoms. The Labute approximate surface area is 142 Å². The van der Waals surface area contributed by atoms with Gasteiger partial charge in [0, 0.05) is 13.2 Å². The summed E-state index contributed by atoms with van der Waals surface area (Å²) in [6, 6.07) is 6.66. The van der Waals surface area contributed by atoms with Crippen LogP contribution in [-0.2, 0) is 19.4 Å². The maximum Gasteiger partial charge on any atom is 0.311 e. The van der Waals surface area contributed by atoms with Crippen molar-refractivity contribution in [2.45, 2.75) is 54.6 Å². The summed E-state index contributed by atoms with van der Waals surface area (Å²) in [5, 5.41) is 9.38. The lowest BCUT2D eigenvalue weighted by molar-refractivity contribution is -0.139. The molecule has 6 heteroatoms. The van der Waals surface area contributed by atoms with Crippen molar-refractivity contribution in [3.05, 3.63) is 29.8 Å². The van der Waals surface area contributed by atoms with Crippen molar-refractivity contribution in [3.63, 3.8) is 0 Å². The molecule has 1 heterocycles. The molecule has 1 aromatic carbocycles. The van der Waals surface area contributed by atoms with Gasteiger partial charge in [0.1, 0.15) is 0 Å². The van der Waals surface area contributed by atoms with E-state index in [1.54, 1.807) is 24.3 Å². The van der Waals surface area contributed by atoms with Gasteiger partial charge < -0.3 is 9.84 Å². The van der Waals surface area contributed by atoms with Crippen molar-refractivity contribution in [1.82, 2.24) is 0 Å². The van der Waals surface area contributed by atoms with Crippen LogP contribution in [0.3, 0.4) is 0 Å². The highest BCUT2D eigenvalue weighted by Crippen LogP contribution is 2.37. The molecule has 1 saturated heterocycles. The summed E-state index contributed by atoms with van der Waals surface area (Å²) < 4.78 is 31.0. The van der Waals surface area contributed by atoms with Gasteiger partial charge in [-0.3, -0.25) is 4.79 Å². The van der Waals surface area contributed by atoms with Gasteiger partial charge in [-0.2, -0.15) is 0 Å². The van der Waals surface area contributed by atoms with Gasteiger partial charge >= 0.3 is 5.97 Å². The average molecular weight is 352 g/mol. The molecule has 0 bridgehead atoms. The van der Waals surface area contributed by atoms with Gasteiger partial charge in [-0.05, 0) is 49.7 Å². The van der Waals surface area contributed by atoms with E-state index in [9.17, 15) is 18.3 Å². The fourth-order valence-electron chi connectivity index (χ4n) is 3.56. The molecular weight excluding hydrogens is 328 g/mol. The van der Waals surface area contributed by atoms with Crippen LogP contribution in [0.25, 0.3) is 0 Å². The maximum atomic E-state index is 12.8. The number of ether oxygens (including phenoxy) is 1. The normalized spacial score (nSPS) is 21.2. The van der Waals surface area contributed by atoms with Crippen LogP contribution in [-0.4, -0.2) is 38.0 Å². The van der Waals surface area contributed by atoms with E-state index in [2.05, 4.69) is 0 Å². The number of hydrogen-bond donors (Lipinski definition) is 1. The quantitative estimate of drug-likeness (QED) is 0.851. The summed E-state index contributed by atoms with van der Waals surface area (Å²) in [5.74, 6) is -1.46. The molecule has 0 aromatic heterocycles. The van der Waals surface area contributed by atoms with Crippen LogP contribution in [0.1, 0.15) is 50.0 Å². The second kappa shape index (κ2) is 7.23. The summed E-state index contributed by atoms with van der Waals surface area (Å²) >= 11 is 0. The smallest absolute Gasteiger partial charge is 0.311 e. The molecule has 0 radical (unpaired) electrons. The largest absolute Gasteiger partial charge is 0.481 e. The highest BCUT2D eigenvalue weighted by molar-refractivity contribution is 7.92. The number of hydrogen-bond acceptors (Lipinski definition) is 4. The third-order valence-corrected chi connectivity index (χ3v) is 7.63. The first-order valence-electron chi connectivity index (χ1n) is 8.63. The topological polar surface area (TPSA) is 80.7 Å². The molecule has 0 unspecified atom stereocenters. The molecule has 3 rings (SSSR count). The highest BCUT2D eigenvalue weighted by atomic mass is 32.2. The van der Waals surface area contributed by atoms with Crippen molar-refractivity contribution in [1.29, 1.82) is 0 Å². The molecule has 1 atom stereocenters. The molecule has 1 N–H and O–H groups in total. The van der Waals surface area contributed by atoms with Crippen LogP contribution >= 0.6 is 0 Å². The van der Waals surface area contributed by atoms with Gasteiger partial charge in [0.25, 0.3) is 0 Å². The Kier molecular flexibility index (Phi) is 5.25. The zero-order valence-electron chi connectivity index (χ0n) is 13.7. The predicted octanol–water partition coefficient (Wildman–Crippen LogP) is 3.00. The highest BCUT2D eigenvalue weighted by Gasteiger charge is 2.37. The van der Waals surface area contributed by atoms with Crippen molar-refractivity contribution >= 4 is 15.8 Å². The third kappa shape index (κ3) is 3.49. The zero-order valence-corrected chi connectivity index (χ0v) is 14.5. The summed E-state index contributed by atoms with van der Waals surface area (Å²) in [6.07, 6.45) is 4.41. The number of rotatable bonds is 6. The lowest BCUT2D eigenvalue weighted by atomic mass is 9.85. The number of sulfone groups is 1. The Bertz CT molecular complexity index is 687. The minimum atomic E-state index is -3.44.